The summed E-state index contributed by atoms with van der Waals surface area (Å²) in [5.41, 5.74) is -0.552. The fraction of sp³-hybridized carbons (Fsp3) is 0.778. The monoisotopic (exact) mass is 203 g/mol. The van der Waals surface area contributed by atoms with Crippen molar-refractivity contribution in [1.29, 1.82) is 0 Å². The van der Waals surface area contributed by atoms with Crippen molar-refractivity contribution in [2.24, 2.45) is 0 Å². The maximum Gasteiger partial charge on any atom is 0.407 e. The smallest absolute Gasteiger partial charge is 0.407 e. The molecule has 0 unspecified atom stereocenters. The number of hydrogen-bond acceptors (Lipinski definition) is 4. The van der Waals surface area contributed by atoms with E-state index >= 15 is 0 Å². The van der Waals surface area contributed by atoms with Crippen molar-refractivity contribution in [2.75, 3.05) is 7.11 Å². The highest BCUT2D eigenvalue weighted by Crippen LogP contribution is 2.08. The van der Waals surface area contributed by atoms with Gasteiger partial charge in [-0.3, -0.25) is 0 Å². The number of hydrogen-bond donors (Lipinski definition) is 1. The number of rotatable bonds is 2. The number of carbonyl (C=O) groups is 2. The predicted molar refractivity (Wildman–Crippen MR) is 50.8 cm³/mol. The number of methoxy groups -OCH3 is 1. The van der Waals surface area contributed by atoms with E-state index in [1.165, 1.54) is 14.0 Å². The third kappa shape index (κ3) is 5.40. The van der Waals surface area contributed by atoms with Crippen molar-refractivity contribution in [2.45, 2.75) is 39.3 Å². The Kier molecular flexibility index (Phi) is 4.40. The van der Waals surface area contributed by atoms with E-state index in [1.807, 2.05) is 0 Å². The van der Waals surface area contributed by atoms with Crippen LogP contribution in [0, 0.1) is 0 Å². The summed E-state index contributed by atoms with van der Waals surface area (Å²) in [4.78, 5) is 22.1. The second kappa shape index (κ2) is 4.83. The quantitative estimate of drug-likeness (QED) is 0.682. The first-order chi connectivity index (χ1) is 6.26. The van der Waals surface area contributed by atoms with Gasteiger partial charge >= 0.3 is 12.1 Å². The molecular weight excluding hydrogens is 186 g/mol. The maximum absolute atomic E-state index is 11.3. The number of esters is 1. The molecule has 0 heterocycles. The number of carbonyl (C=O) groups excluding carboxylic acids is 2. The summed E-state index contributed by atoms with van der Waals surface area (Å²) >= 11 is 0. The Balaban J connectivity index is 4.07. The molecule has 0 aliphatic carbocycles. The van der Waals surface area contributed by atoms with Crippen LogP contribution in [0.2, 0.25) is 0 Å². The van der Waals surface area contributed by atoms with Gasteiger partial charge < -0.3 is 14.8 Å². The van der Waals surface area contributed by atoms with E-state index in [1.54, 1.807) is 20.8 Å². The van der Waals surface area contributed by atoms with Crippen molar-refractivity contribution in [1.82, 2.24) is 5.32 Å². The van der Waals surface area contributed by atoms with E-state index in [9.17, 15) is 9.59 Å². The van der Waals surface area contributed by atoms with Crippen LogP contribution < -0.4 is 5.32 Å². The van der Waals surface area contributed by atoms with E-state index < -0.39 is 23.7 Å². The van der Waals surface area contributed by atoms with Crippen molar-refractivity contribution in [3.05, 3.63) is 0 Å². The van der Waals surface area contributed by atoms with E-state index in [2.05, 4.69) is 10.1 Å². The molecule has 0 fully saturated rings. The highest BCUT2D eigenvalue weighted by molar-refractivity contribution is 5.81. The number of amides is 1. The molecule has 0 saturated heterocycles. The van der Waals surface area contributed by atoms with Gasteiger partial charge in [0.1, 0.15) is 11.6 Å². The molecule has 1 atom stereocenters. The van der Waals surface area contributed by atoms with Gasteiger partial charge in [-0.15, -0.1) is 0 Å². The molecule has 0 bridgehead atoms. The van der Waals surface area contributed by atoms with Gasteiger partial charge in [0, 0.05) is 0 Å². The third-order valence-electron chi connectivity index (χ3n) is 1.28. The van der Waals surface area contributed by atoms with E-state index in [4.69, 9.17) is 4.74 Å². The lowest BCUT2D eigenvalue weighted by Crippen LogP contribution is -2.42. The van der Waals surface area contributed by atoms with Crippen LogP contribution in [0.15, 0.2) is 0 Å². The zero-order valence-corrected chi connectivity index (χ0v) is 9.21. The summed E-state index contributed by atoms with van der Waals surface area (Å²) in [5, 5.41) is 2.32. The minimum Gasteiger partial charge on any atom is -0.458 e. The van der Waals surface area contributed by atoms with Crippen molar-refractivity contribution in [3.63, 3.8) is 0 Å². The molecular formula is C9H17NO4. The molecule has 1 amide bonds. The zero-order chi connectivity index (χ0) is 11.4. The number of nitrogens with one attached hydrogen (secondary N) is 1. The molecule has 0 spiro atoms. The molecule has 82 valence electrons. The highest BCUT2D eigenvalue weighted by atomic mass is 16.6. The molecule has 0 aromatic rings. The molecule has 0 aliphatic rings. The first-order valence-corrected chi connectivity index (χ1v) is 4.33. The highest BCUT2D eigenvalue weighted by Gasteiger charge is 2.22. The maximum atomic E-state index is 11.3. The van der Waals surface area contributed by atoms with Gasteiger partial charge in [0.2, 0.25) is 0 Å². The van der Waals surface area contributed by atoms with Gasteiger partial charge in [-0.25, -0.2) is 9.59 Å². The van der Waals surface area contributed by atoms with Crippen LogP contribution in [0.25, 0.3) is 0 Å². The van der Waals surface area contributed by atoms with Gasteiger partial charge in [-0.05, 0) is 27.7 Å². The van der Waals surface area contributed by atoms with Crippen molar-refractivity contribution < 1.29 is 19.1 Å². The lowest BCUT2D eigenvalue weighted by Gasteiger charge is -2.22. The minimum absolute atomic E-state index is 0.483. The van der Waals surface area contributed by atoms with Gasteiger partial charge in [0.25, 0.3) is 0 Å². The van der Waals surface area contributed by atoms with Crippen molar-refractivity contribution >= 4 is 12.1 Å². The van der Waals surface area contributed by atoms with Crippen LogP contribution in [0.5, 0.6) is 0 Å². The molecule has 5 nitrogen and oxygen atoms in total. The Bertz CT molecular complexity index is 219. The normalized spacial score (nSPS) is 12.9. The summed E-state index contributed by atoms with van der Waals surface area (Å²) in [6, 6.07) is -0.707. The molecule has 1 N–H and O–H groups in total. The molecule has 0 saturated carbocycles. The standard InChI is InChI=1S/C9H17NO4/c1-6(10-8(12)13-5)7(11)14-9(2,3)4/h6H,1-5H3,(H,10,12)/t6-/m1/s1. The number of alkyl carbamates (subject to hydrolysis) is 1. The second-order valence-corrected chi connectivity index (χ2v) is 3.89. The average molecular weight is 203 g/mol. The van der Waals surface area contributed by atoms with E-state index in [-0.39, 0.29) is 0 Å². The molecule has 14 heavy (non-hydrogen) atoms. The lowest BCUT2D eigenvalue weighted by molar-refractivity contribution is -0.156. The van der Waals surface area contributed by atoms with Gasteiger partial charge in [-0.1, -0.05) is 0 Å². The van der Waals surface area contributed by atoms with Crippen LogP contribution >= 0.6 is 0 Å². The SMILES string of the molecule is COC(=O)N[C@H](C)C(=O)OC(C)(C)C. The molecule has 5 heteroatoms. The fourth-order valence-corrected chi connectivity index (χ4v) is 0.685. The zero-order valence-electron chi connectivity index (χ0n) is 9.21. The van der Waals surface area contributed by atoms with Gasteiger partial charge in [0.15, 0.2) is 0 Å². The third-order valence-corrected chi connectivity index (χ3v) is 1.28. The fourth-order valence-electron chi connectivity index (χ4n) is 0.685. The largest absolute Gasteiger partial charge is 0.458 e. The molecule has 0 rings (SSSR count). The van der Waals surface area contributed by atoms with Gasteiger partial charge in [0.05, 0.1) is 7.11 Å². The Hall–Kier alpha value is -1.26. The summed E-state index contributed by atoms with van der Waals surface area (Å²) in [5.74, 6) is -0.483. The van der Waals surface area contributed by atoms with E-state index in [0.29, 0.717) is 0 Å². The molecule has 0 radical (unpaired) electrons. The molecule has 0 aromatic heterocycles. The summed E-state index contributed by atoms with van der Waals surface area (Å²) in [7, 11) is 1.23. The molecule has 0 aliphatic heterocycles. The predicted octanol–water partition coefficient (Wildman–Crippen LogP) is 1.07. The van der Waals surface area contributed by atoms with Crippen molar-refractivity contribution in [3.8, 4) is 0 Å². The average Bonchev–Trinajstić information content (AvgIpc) is 2.00. The number of ether oxygens (including phenoxy) is 2. The van der Waals surface area contributed by atoms with Crippen LogP contribution in [0.1, 0.15) is 27.7 Å². The summed E-state index contributed by atoms with van der Waals surface area (Å²) < 4.78 is 9.38. The Morgan fingerprint density at radius 3 is 2.14 bits per heavy atom. The van der Waals surface area contributed by atoms with Gasteiger partial charge in [-0.2, -0.15) is 0 Å². The topological polar surface area (TPSA) is 64.6 Å². The Morgan fingerprint density at radius 2 is 1.79 bits per heavy atom. The van der Waals surface area contributed by atoms with Crippen LogP contribution in [0.4, 0.5) is 4.79 Å². The minimum atomic E-state index is -0.707. The summed E-state index contributed by atoms with van der Waals surface area (Å²) in [6.45, 7) is 6.81. The van der Waals surface area contributed by atoms with Crippen LogP contribution in [0.3, 0.4) is 0 Å². The van der Waals surface area contributed by atoms with Crippen LogP contribution in [-0.4, -0.2) is 30.8 Å². The Morgan fingerprint density at radius 1 is 1.29 bits per heavy atom. The second-order valence-electron chi connectivity index (χ2n) is 3.89. The first-order valence-electron chi connectivity index (χ1n) is 4.33. The van der Waals surface area contributed by atoms with E-state index in [0.717, 1.165) is 0 Å². The Labute approximate surface area is 83.8 Å². The van der Waals surface area contributed by atoms with Crippen LogP contribution in [-0.2, 0) is 14.3 Å². The summed E-state index contributed by atoms with van der Waals surface area (Å²) in [6.07, 6.45) is -0.650. The molecule has 0 aromatic carbocycles. The lowest BCUT2D eigenvalue weighted by atomic mass is 10.2. The first kappa shape index (κ1) is 12.7.